The van der Waals surface area contributed by atoms with E-state index < -0.39 is 82.8 Å². The van der Waals surface area contributed by atoms with Gasteiger partial charge in [0.2, 0.25) is 0 Å². The lowest BCUT2D eigenvalue weighted by Gasteiger charge is -2.12. The summed E-state index contributed by atoms with van der Waals surface area (Å²) in [4.78, 5) is 46.2. The molecular formula is C22H16F6O8. The van der Waals surface area contributed by atoms with Crippen molar-refractivity contribution in [2.24, 2.45) is 0 Å². The Hall–Kier alpha value is -4.10. The summed E-state index contributed by atoms with van der Waals surface area (Å²) in [5, 5.41) is 18.1. The van der Waals surface area contributed by atoms with Crippen LogP contribution in [0, 0.1) is 0 Å². The lowest BCUT2D eigenvalue weighted by Crippen LogP contribution is -2.14. The minimum absolute atomic E-state index is 0.0936. The SMILES string of the molecule is O=C(CCCCC(=O)Oc1cc(C(F)(F)F)ccc1C(=O)O)Oc1cc(C(F)(F)F)ccc1C(=O)O. The second kappa shape index (κ2) is 11.1. The molecule has 0 spiro atoms. The van der Waals surface area contributed by atoms with Gasteiger partial charge in [0.15, 0.2) is 0 Å². The van der Waals surface area contributed by atoms with E-state index in [2.05, 4.69) is 0 Å². The Labute approximate surface area is 198 Å². The molecule has 2 aromatic carbocycles. The number of hydrogen-bond acceptors (Lipinski definition) is 6. The van der Waals surface area contributed by atoms with Gasteiger partial charge in [-0.25, -0.2) is 9.59 Å². The minimum atomic E-state index is -4.82. The number of benzene rings is 2. The summed E-state index contributed by atoms with van der Waals surface area (Å²) in [7, 11) is 0. The Bertz CT molecular complexity index is 1080. The predicted octanol–water partition coefficient (Wildman–Crippen LogP) is 5.19. The van der Waals surface area contributed by atoms with Gasteiger partial charge in [-0.15, -0.1) is 0 Å². The van der Waals surface area contributed by atoms with E-state index in [1.807, 2.05) is 0 Å². The zero-order valence-electron chi connectivity index (χ0n) is 17.9. The first-order valence-electron chi connectivity index (χ1n) is 9.90. The summed E-state index contributed by atoms with van der Waals surface area (Å²) >= 11 is 0. The molecule has 0 heterocycles. The Morgan fingerprint density at radius 1 is 0.639 bits per heavy atom. The maximum atomic E-state index is 12.8. The largest absolute Gasteiger partial charge is 0.478 e. The first-order valence-corrected chi connectivity index (χ1v) is 9.90. The maximum Gasteiger partial charge on any atom is 0.416 e. The Balaban J connectivity index is 1.96. The summed E-state index contributed by atoms with van der Waals surface area (Å²) in [6.45, 7) is 0. The molecule has 194 valence electrons. The standard InChI is InChI=1S/C22H16F6O8/c23-21(24,25)11-5-7-13(19(31)32)15(9-11)35-17(29)3-1-2-4-18(30)36-16-10-12(22(26,27)28)6-8-14(16)20(33)34/h5-10H,1-4H2,(H,31,32)(H,33,34). The molecule has 0 atom stereocenters. The number of carboxylic acid groups (broad SMARTS) is 2. The molecule has 0 unspecified atom stereocenters. The van der Waals surface area contributed by atoms with Gasteiger partial charge in [-0.1, -0.05) is 0 Å². The first-order chi connectivity index (χ1) is 16.6. The number of carbonyl (C=O) groups excluding carboxylic acids is 2. The predicted molar refractivity (Wildman–Crippen MR) is 107 cm³/mol. The number of carboxylic acids is 2. The van der Waals surface area contributed by atoms with Crippen LogP contribution < -0.4 is 9.47 Å². The number of aromatic carboxylic acids is 2. The van der Waals surface area contributed by atoms with Crippen LogP contribution in [0.1, 0.15) is 57.5 Å². The Kier molecular flexibility index (Phi) is 8.67. The Morgan fingerprint density at radius 2 is 0.972 bits per heavy atom. The number of esters is 2. The molecule has 0 saturated carbocycles. The van der Waals surface area contributed by atoms with Crippen molar-refractivity contribution >= 4 is 23.9 Å². The van der Waals surface area contributed by atoms with Crippen molar-refractivity contribution < 1.29 is 65.2 Å². The second-order valence-electron chi connectivity index (χ2n) is 7.18. The van der Waals surface area contributed by atoms with Gasteiger partial charge in [-0.2, -0.15) is 26.3 Å². The lowest BCUT2D eigenvalue weighted by atomic mass is 10.1. The molecule has 0 radical (unpaired) electrons. The van der Waals surface area contributed by atoms with Crippen LogP contribution in [-0.2, 0) is 21.9 Å². The molecule has 0 amide bonds. The molecule has 2 rings (SSSR count). The maximum absolute atomic E-state index is 12.8. The van der Waals surface area contributed by atoms with E-state index >= 15 is 0 Å². The van der Waals surface area contributed by atoms with E-state index in [0.717, 1.165) is 0 Å². The fraction of sp³-hybridized carbons (Fsp3) is 0.273. The summed E-state index contributed by atoms with van der Waals surface area (Å²) in [6.07, 6.45) is -10.7. The highest BCUT2D eigenvalue weighted by atomic mass is 19.4. The highest BCUT2D eigenvalue weighted by Crippen LogP contribution is 2.34. The van der Waals surface area contributed by atoms with Crippen LogP contribution in [0.3, 0.4) is 0 Å². The highest BCUT2D eigenvalue weighted by Gasteiger charge is 2.33. The number of carbonyl (C=O) groups is 4. The number of alkyl halides is 6. The van der Waals surface area contributed by atoms with Crippen LogP contribution in [0.15, 0.2) is 36.4 Å². The van der Waals surface area contributed by atoms with Crippen molar-refractivity contribution in [3.05, 3.63) is 58.7 Å². The van der Waals surface area contributed by atoms with Crippen molar-refractivity contribution in [3.8, 4) is 11.5 Å². The molecule has 0 aliphatic rings. The molecular weight excluding hydrogens is 506 g/mol. The van der Waals surface area contributed by atoms with Crippen LogP contribution in [0.2, 0.25) is 0 Å². The van der Waals surface area contributed by atoms with Gasteiger partial charge in [0.25, 0.3) is 0 Å². The van der Waals surface area contributed by atoms with E-state index in [9.17, 15) is 45.5 Å². The molecule has 0 saturated heterocycles. The Morgan fingerprint density at radius 3 is 1.25 bits per heavy atom. The molecule has 36 heavy (non-hydrogen) atoms. The molecule has 0 aromatic heterocycles. The number of hydrogen-bond donors (Lipinski definition) is 2. The van der Waals surface area contributed by atoms with Gasteiger partial charge < -0.3 is 19.7 Å². The second-order valence-corrected chi connectivity index (χ2v) is 7.18. The third-order valence-electron chi connectivity index (χ3n) is 4.54. The molecule has 8 nitrogen and oxygen atoms in total. The van der Waals surface area contributed by atoms with Crippen molar-refractivity contribution in [2.75, 3.05) is 0 Å². The van der Waals surface area contributed by atoms with Crippen molar-refractivity contribution in [3.63, 3.8) is 0 Å². The van der Waals surface area contributed by atoms with Gasteiger partial charge in [0, 0.05) is 12.8 Å². The van der Waals surface area contributed by atoms with Gasteiger partial charge in [0.1, 0.15) is 22.6 Å². The van der Waals surface area contributed by atoms with Crippen molar-refractivity contribution in [2.45, 2.75) is 38.0 Å². The fourth-order valence-electron chi connectivity index (χ4n) is 2.81. The fourth-order valence-corrected chi connectivity index (χ4v) is 2.81. The monoisotopic (exact) mass is 522 g/mol. The lowest BCUT2D eigenvalue weighted by molar-refractivity contribution is -0.139. The average Bonchev–Trinajstić information content (AvgIpc) is 2.75. The van der Waals surface area contributed by atoms with E-state index in [4.69, 9.17) is 19.7 Å². The zero-order chi connectivity index (χ0) is 27.3. The van der Waals surface area contributed by atoms with Gasteiger partial charge in [-0.05, 0) is 49.2 Å². The van der Waals surface area contributed by atoms with E-state index in [0.29, 0.717) is 36.4 Å². The minimum Gasteiger partial charge on any atom is -0.478 e. The zero-order valence-corrected chi connectivity index (χ0v) is 17.9. The van der Waals surface area contributed by atoms with E-state index in [1.165, 1.54) is 0 Å². The summed E-state index contributed by atoms with van der Waals surface area (Å²) in [5.41, 5.74) is -3.85. The molecule has 14 heteroatoms. The first kappa shape index (κ1) is 28.1. The highest BCUT2D eigenvalue weighted by molar-refractivity contribution is 5.93. The normalized spacial score (nSPS) is 11.6. The van der Waals surface area contributed by atoms with Crippen LogP contribution in [0.5, 0.6) is 11.5 Å². The number of ether oxygens (including phenoxy) is 2. The van der Waals surface area contributed by atoms with Crippen LogP contribution in [-0.4, -0.2) is 34.1 Å². The molecule has 0 aliphatic heterocycles. The molecule has 2 N–H and O–H groups in total. The van der Waals surface area contributed by atoms with E-state index in [1.54, 1.807) is 0 Å². The van der Waals surface area contributed by atoms with Crippen molar-refractivity contribution in [1.82, 2.24) is 0 Å². The summed E-state index contributed by atoms with van der Waals surface area (Å²) < 4.78 is 86.5. The van der Waals surface area contributed by atoms with Gasteiger partial charge >= 0.3 is 36.2 Å². The van der Waals surface area contributed by atoms with Crippen molar-refractivity contribution in [1.29, 1.82) is 0 Å². The average molecular weight is 522 g/mol. The summed E-state index contributed by atoms with van der Waals surface area (Å²) in [6, 6.07) is 2.98. The van der Waals surface area contributed by atoms with Gasteiger partial charge in [-0.3, -0.25) is 9.59 Å². The topological polar surface area (TPSA) is 127 Å². The third-order valence-corrected chi connectivity index (χ3v) is 4.54. The number of halogens is 6. The van der Waals surface area contributed by atoms with Gasteiger partial charge in [0.05, 0.1) is 11.1 Å². The van der Waals surface area contributed by atoms with Crippen LogP contribution in [0.25, 0.3) is 0 Å². The van der Waals surface area contributed by atoms with Crippen LogP contribution >= 0.6 is 0 Å². The molecule has 0 aliphatic carbocycles. The number of unbranched alkanes of at least 4 members (excludes halogenated alkanes) is 1. The molecule has 0 bridgehead atoms. The smallest absolute Gasteiger partial charge is 0.416 e. The van der Waals surface area contributed by atoms with Crippen LogP contribution in [0.4, 0.5) is 26.3 Å². The third kappa shape index (κ3) is 7.71. The number of rotatable bonds is 9. The molecule has 2 aromatic rings. The molecule has 0 fully saturated rings. The summed E-state index contributed by atoms with van der Waals surface area (Å²) in [5.74, 6) is -7.12. The quantitative estimate of drug-likeness (QED) is 0.199. The van der Waals surface area contributed by atoms with E-state index in [-0.39, 0.29) is 12.8 Å².